The van der Waals surface area contributed by atoms with Crippen LogP contribution in [-0.2, 0) is 19.6 Å². The molecule has 0 bridgehead atoms. The second kappa shape index (κ2) is 9.94. The van der Waals surface area contributed by atoms with Crippen LogP contribution in [0.15, 0.2) is 29.2 Å². The molecule has 8 nitrogen and oxygen atoms in total. The van der Waals surface area contributed by atoms with E-state index in [1.165, 1.54) is 27.4 Å². The molecule has 28 heavy (non-hydrogen) atoms. The highest BCUT2D eigenvalue weighted by molar-refractivity contribution is 7.89. The Hall–Kier alpha value is -2.04. The van der Waals surface area contributed by atoms with Crippen molar-refractivity contribution in [2.24, 2.45) is 0 Å². The predicted molar refractivity (Wildman–Crippen MR) is 103 cm³/mol. The first-order valence-corrected chi connectivity index (χ1v) is 10.7. The molecule has 1 fully saturated rings. The number of benzene rings is 1. The van der Waals surface area contributed by atoms with Crippen molar-refractivity contribution in [3.8, 4) is 0 Å². The molecule has 1 aliphatic rings. The number of piperazine rings is 1. The van der Waals surface area contributed by atoms with Gasteiger partial charge in [-0.05, 0) is 26.0 Å². The summed E-state index contributed by atoms with van der Waals surface area (Å²) in [5.74, 6) is -1.17. The molecule has 2 amide bonds. The van der Waals surface area contributed by atoms with E-state index in [2.05, 4.69) is 5.32 Å². The molecule has 1 heterocycles. The van der Waals surface area contributed by atoms with E-state index in [9.17, 15) is 22.4 Å². The number of hydrogen-bond acceptors (Lipinski definition) is 5. The van der Waals surface area contributed by atoms with Gasteiger partial charge in [0.15, 0.2) is 0 Å². The van der Waals surface area contributed by atoms with Gasteiger partial charge in [-0.25, -0.2) is 12.8 Å². The van der Waals surface area contributed by atoms with Gasteiger partial charge in [-0.2, -0.15) is 4.31 Å². The standard InChI is InChI=1S/C18H27FN4O4S/c1-3-20-17(24)13-22(4-2)18(25)14-21-9-11-23(12-10-21)28(26,27)16-8-6-5-7-15(16)19/h5-8H,3-4,9-14H2,1-2H3,(H,20,24). The third kappa shape index (κ3) is 5.49. The molecule has 0 aliphatic carbocycles. The largest absolute Gasteiger partial charge is 0.355 e. The SMILES string of the molecule is CCNC(=O)CN(CC)C(=O)CN1CCN(S(=O)(=O)c2ccccc2F)CC1. The van der Waals surface area contributed by atoms with Gasteiger partial charge in [0, 0.05) is 39.3 Å². The molecule has 1 aromatic carbocycles. The smallest absolute Gasteiger partial charge is 0.246 e. The van der Waals surface area contributed by atoms with E-state index in [0.717, 1.165) is 6.07 Å². The second-order valence-electron chi connectivity index (χ2n) is 6.47. The molecular formula is C18H27FN4O4S. The quantitative estimate of drug-likeness (QED) is 0.653. The molecule has 1 aliphatic heterocycles. The van der Waals surface area contributed by atoms with Crippen LogP contribution >= 0.6 is 0 Å². The van der Waals surface area contributed by atoms with Crippen molar-refractivity contribution < 1.29 is 22.4 Å². The summed E-state index contributed by atoms with van der Waals surface area (Å²) < 4.78 is 40.4. The third-order valence-corrected chi connectivity index (χ3v) is 6.52. The van der Waals surface area contributed by atoms with E-state index in [1.807, 2.05) is 11.8 Å². The van der Waals surface area contributed by atoms with Crippen LogP contribution in [0.4, 0.5) is 4.39 Å². The van der Waals surface area contributed by atoms with Crippen molar-refractivity contribution in [2.75, 3.05) is 52.4 Å². The van der Waals surface area contributed by atoms with Gasteiger partial charge in [0.2, 0.25) is 21.8 Å². The lowest BCUT2D eigenvalue weighted by molar-refractivity contribution is -0.137. The fourth-order valence-corrected chi connectivity index (χ4v) is 4.50. The van der Waals surface area contributed by atoms with E-state index in [-0.39, 0.29) is 42.9 Å². The van der Waals surface area contributed by atoms with Crippen LogP contribution in [0, 0.1) is 5.82 Å². The minimum atomic E-state index is -3.90. The molecule has 1 N–H and O–H groups in total. The van der Waals surface area contributed by atoms with Gasteiger partial charge in [0.05, 0.1) is 13.1 Å². The van der Waals surface area contributed by atoms with Crippen molar-refractivity contribution in [1.29, 1.82) is 0 Å². The first-order chi connectivity index (χ1) is 13.3. The average molecular weight is 415 g/mol. The Morgan fingerprint density at radius 1 is 1.14 bits per heavy atom. The average Bonchev–Trinajstić information content (AvgIpc) is 2.67. The van der Waals surface area contributed by atoms with E-state index < -0.39 is 15.8 Å². The fourth-order valence-electron chi connectivity index (χ4n) is 3.02. The molecule has 1 aromatic rings. The van der Waals surface area contributed by atoms with Crippen LogP contribution in [0.3, 0.4) is 0 Å². The maximum absolute atomic E-state index is 13.9. The number of nitrogens with zero attached hydrogens (tertiary/aromatic N) is 3. The number of carbonyl (C=O) groups is 2. The van der Waals surface area contributed by atoms with Crippen LogP contribution in [0.5, 0.6) is 0 Å². The number of hydrogen-bond donors (Lipinski definition) is 1. The van der Waals surface area contributed by atoms with Gasteiger partial charge >= 0.3 is 0 Å². The summed E-state index contributed by atoms with van der Waals surface area (Å²) in [6, 6.07) is 5.30. The molecule has 10 heteroatoms. The minimum Gasteiger partial charge on any atom is -0.355 e. The first kappa shape index (κ1) is 22.3. The summed E-state index contributed by atoms with van der Waals surface area (Å²) in [5.41, 5.74) is 0. The summed E-state index contributed by atoms with van der Waals surface area (Å²) in [4.78, 5) is 27.1. The van der Waals surface area contributed by atoms with Crippen molar-refractivity contribution in [2.45, 2.75) is 18.7 Å². The summed E-state index contributed by atoms with van der Waals surface area (Å²) in [6.07, 6.45) is 0. The number of amides is 2. The number of halogens is 1. The number of sulfonamides is 1. The van der Waals surface area contributed by atoms with Crippen LogP contribution in [-0.4, -0.2) is 86.7 Å². The van der Waals surface area contributed by atoms with Crippen LogP contribution in [0.1, 0.15) is 13.8 Å². The van der Waals surface area contributed by atoms with Gasteiger partial charge < -0.3 is 10.2 Å². The molecule has 0 spiro atoms. The number of carbonyl (C=O) groups excluding carboxylic acids is 2. The van der Waals surface area contributed by atoms with Gasteiger partial charge in [0.1, 0.15) is 10.7 Å². The Labute approximate surface area is 165 Å². The van der Waals surface area contributed by atoms with E-state index in [4.69, 9.17) is 0 Å². The zero-order valence-corrected chi connectivity index (χ0v) is 17.0. The highest BCUT2D eigenvalue weighted by atomic mass is 32.2. The topological polar surface area (TPSA) is 90.0 Å². The predicted octanol–water partition coefficient (Wildman–Crippen LogP) is 0.117. The lowest BCUT2D eigenvalue weighted by atomic mass is 10.3. The fraction of sp³-hybridized carbons (Fsp3) is 0.556. The summed E-state index contributed by atoms with van der Waals surface area (Å²) in [7, 11) is -3.90. The van der Waals surface area contributed by atoms with E-state index in [0.29, 0.717) is 26.2 Å². The maximum atomic E-state index is 13.9. The van der Waals surface area contributed by atoms with Crippen molar-refractivity contribution in [3.05, 3.63) is 30.1 Å². The summed E-state index contributed by atoms with van der Waals surface area (Å²) in [5, 5.41) is 2.66. The lowest BCUT2D eigenvalue weighted by Gasteiger charge is -2.34. The van der Waals surface area contributed by atoms with Gasteiger partial charge in [0.25, 0.3) is 0 Å². The van der Waals surface area contributed by atoms with Crippen LogP contribution in [0.2, 0.25) is 0 Å². The van der Waals surface area contributed by atoms with Crippen LogP contribution < -0.4 is 5.32 Å². The van der Waals surface area contributed by atoms with Gasteiger partial charge in [-0.1, -0.05) is 12.1 Å². The lowest BCUT2D eigenvalue weighted by Crippen LogP contribution is -2.52. The zero-order chi connectivity index (χ0) is 20.7. The Kier molecular flexibility index (Phi) is 7.90. The Balaban J connectivity index is 1.92. The maximum Gasteiger partial charge on any atom is 0.246 e. The minimum absolute atomic E-state index is 0.00476. The van der Waals surface area contributed by atoms with Crippen molar-refractivity contribution in [3.63, 3.8) is 0 Å². The zero-order valence-electron chi connectivity index (χ0n) is 16.2. The third-order valence-electron chi connectivity index (χ3n) is 4.59. The second-order valence-corrected chi connectivity index (χ2v) is 8.38. The Morgan fingerprint density at radius 2 is 1.79 bits per heavy atom. The summed E-state index contributed by atoms with van der Waals surface area (Å²) in [6.45, 7) is 5.71. The first-order valence-electron chi connectivity index (χ1n) is 9.31. The highest BCUT2D eigenvalue weighted by Gasteiger charge is 2.31. The molecule has 1 saturated heterocycles. The monoisotopic (exact) mass is 414 g/mol. The normalized spacial score (nSPS) is 16.0. The van der Waals surface area contributed by atoms with E-state index in [1.54, 1.807) is 6.92 Å². The molecule has 0 aromatic heterocycles. The molecule has 0 radical (unpaired) electrons. The van der Waals surface area contributed by atoms with Crippen LogP contribution in [0.25, 0.3) is 0 Å². The number of likely N-dealkylation sites (N-methyl/N-ethyl adjacent to an activating group) is 2. The summed E-state index contributed by atoms with van der Waals surface area (Å²) >= 11 is 0. The molecule has 0 unspecified atom stereocenters. The van der Waals surface area contributed by atoms with Gasteiger partial charge in [-0.15, -0.1) is 0 Å². The number of nitrogens with one attached hydrogen (secondary N) is 1. The highest BCUT2D eigenvalue weighted by Crippen LogP contribution is 2.20. The van der Waals surface area contributed by atoms with Crippen molar-refractivity contribution >= 4 is 21.8 Å². The number of rotatable bonds is 8. The molecular weight excluding hydrogens is 387 g/mol. The van der Waals surface area contributed by atoms with Crippen molar-refractivity contribution in [1.82, 2.24) is 19.4 Å². The molecule has 0 atom stereocenters. The Morgan fingerprint density at radius 3 is 2.36 bits per heavy atom. The molecule has 0 saturated carbocycles. The Bertz CT molecular complexity index is 795. The van der Waals surface area contributed by atoms with Gasteiger partial charge in [-0.3, -0.25) is 14.5 Å². The molecule has 156 valence electrons. The van der Waals surface area contributed by atoms with E-state index >= 15 is 0 Å². The molecule has 2 rings (SSSR count).